The number of rotatable bonds is 10. The lowest BCUT2D eigenvalue weighted by Gasteiger charge is -2.21. The van der Waals surface area contributed by atoms with Gasteiger partial charge >= 0.3 is 0 Å². The van der Waals surface area contributed by atoms with Crippen molar-refractivity contribution in [3.05, 3.63) is 70.7 Å². The molecule has 160 valence electrons. The van der Waals surface area contributed by atoms with E-state index < -0.39 is 12.0 Å². The van der Waals surface area contributed by atoms with Gasteiger partial charge in [0.15, 0.2) is 5.78 Å². The molecule has 0 spiro atoms. The zero-order chi connectivity index (χ0) is 22.2. The van der Waals surface area contributed by atoms with Gasteiger partial charge in [0.1, 0.15) is 17.5 Å². The fourth-order valence-electron chi connectivity index (χ4n) is 3.18. The maximum Gasteiger partial charge on any atom is 0.192 e. The number of nitrogens with one attached hydrogen (secondary N) is 2. The van der Waals surface area contributed by atoms with Gasteiger partial charge < -0.3 is 20.2 Å². The van der Waals surface area contributed by atoms with E-state index >= 15 is 0 Å². The van der Waals surface area contributed by atoms with E-state index in [1.54, 1.807) is 38.9 Å². The van der Waals surface area contributed by atoms with Crippen LogP contribution in [0.4, 0.5) is 5.69 Å². The third-order valence-electron chi connectivity index (χ3n) is 4.73. The van der Waals surface area contributed by atoms with Gasteiger partial charge in [-0.2, -0.15) is 4.37 Å². The molecule has 0 saturated heterocycles. The van der Waals surface area contributed by atoms with Crippen molar-refractivity contribution in [3.63, 3.8) is 0 Å². The molecule has 3 rings (SSSR count). The van der Waals surface area contributed by atoms with Crippen LogP contribution in [0.15, 0.2) is 58.9 Å². The second-order valence-electron chi connectivity index (χ2n) is 6.67. The molecule has 1 heterocycles. The highest BCUT2D eigenvalue weighted by atomic mass is 32.1. The van der Waals surface area contributed by atoms with Crippen LogP contribution in [0.5, 0.6) is 11.5 Å². The van der Waals surface area contributed by atoms with E-state index in [0.717, 1.165) is 5.56 Å². The zero-order valence-corrected chi connectivity index (χ0v) is 18.3. The molecule has 0 aliphatic carbocycles. The summed E-state index contributed by atoms with van der Waals surface area (Å²) < 4.78 is 15.1. The number of carbonyl (C=O) groups is 1. The van der Waals surface area contributed by atoms with Gasteiger partial charge in [0, 0.05) is 48.7 Å². The number of hydrogen-bond donors (Lipinski definition) is 2. The average molecular weight is 437 g/mol. The SMILES string of the molecule is CN=CC(C=N)c1nscc1C(=O)C(Nc1cc(OC)cc(OC)c1)c1ccccc1. The lowest BCUT2D eigenvalue weighted by Crippen LogP contribution is -2.23. The van der Waals surface area contributed by atoms with Gasteiger partial charge in [0.25, 0.3) is 0 Å². The van der Waals surface area contributed by atoms with Crippen molar-refractivity contribution in [2.45, 2.75) is 12.0 Å². The number of benzene rings is 2. The van der Waals surface area contributed by atoms with Crippen LogP contribution in [0, 0.1) is 5.41 Å². The Hall–Kier alpha value is -3.52. The van der Waals surface area contributed by atoms with Crippen molar-refractivity contribution in [1.29, 1.82) is 5.41 Å². The van der Waals surface area contributed by atoms with Crippen molar-refractivity contribution in [2.75, 3.05) is 26.6 Å². The van der Waals surface area contributed by atoms with E-state index in [2.05, 4.69) is 14.7 Å². The molecule has 0 radical (unpaired) electrons. The van der Waals surface area contributed by atoms with E-state index in [9.17, 15) is 4.79 Å². The van der Waals surface area contributed by atoms with Gasteiger partial charge in [-0.05, 0) is 17.1 Å². The monoisotopic (exact) mass is 436 g/mol. The Balaban J connectivity index is 2.03. The molecule has 3 aromatic rings. The Morgan fingerprint density at radius 2 is 1.84 bits per heavy atom. The van der Waals surface area contributed by atoms with E-state index in [4.69, 9.17) is 14.9 Å². The van der Waals surface area contributed by atoms with Crippen LogP contribution in [0.2, 0.25) is 0 Å². The zero-order valence-electron chi connectivity index (χ0n) is 17.5. The number of ether oxygens (including phenoxy) is 2. The molecule has 2 unspecified atom stereocenters. The standard InChI is InChI=1S/C23H24N4O3S/c1-25-13-16(12-24)21-20(14-31-27-21)23(28)22(15-7-5-4-6-8-15)26-17-9-18(29-2)11-19(10-17)30-3/h4-14,16,22,24,26H,1-3H3. The van der Waals surface area contributed by atoms with Gasteiger partial charge in [-0.1, -0.05) is 30.3 Å². The second-order valence-corrected chi connectivity index (χ2v) is 7.30. The summed E-state index contributed by atoms with van der Waals surface area (Å²) in [4.78, 5) is 17.7. The fourth-order valence-corrected chi connectivity index (χ4v) is 3.91. The highest BCUT2D eigenvalue weighted by Crippen LogP contribution is 2.31. The molecule has 0 aliphatic heterocycles. The lowest BCUT2D eigenvalue weighted by atomic mass is 9.94. The smallest absolute Gasteiger partial charge is 0.192 e. The maximum atomic E-state index is 13.7. The summed E-state index contributed by atoms with van der Waals surface area (Å²) in [6, 6.07) is 14.2. The summed E-state index contributed by atoms with van der Waals surface area (Å²) in [5.74, 6) is 0.626. The van der Waals surface area contributed by atoms with Crippen LogP contribution in [-0.4, -0.2) is 43.9 Å². The molecule has 0 fully saturated rings. The van der Waals surface area contributed by atoms with Crippen LogP contribution in [0.3, 0.4) is 0 Å². The van der Waals surface area contributed by atoms with Crippen LogP contribution < -0.4 is 14.8 Å². The largest absolute Gasteiger partial charge is 0.497 e. The van der Waals surface area contributed by atoms with Gasteiger partial charge in [-0.15, -0.1) is 0 Å². The lowest BCUT2D eigenvalue weighted by molar-refractivity contribution is 0.0969. The molecule has 7 nitrogen and oxygen atoms in total. The first kappa shape index (κ1) is 22.2. The number of hydrogen-bond acceptors (Lipinski definition) is 8. The minimum atomic E-state index is -0.668. The quantitative estimate of drug-likeness (QED) is 0.357. The van der Waals surface area contributed by atoms with Crippen LogP contribution in [0.1, 0.15) is 33.6 Å². The molecular formula is C23H24N4O3S. The topological polar surface area (TPSA) is 96.7 Å². The number of nitrogens with zero attached hydrogens (tertiary/aromatic N) is 2. The number of aromatic nitrogens is 1. The maximum absolute atomic E-state index is 13.7. The Bertz CT molecular complexity index is 1040. The molecule has 0 amide bonds. The normalized spacial score (nSPS) is 12.9. The Kier molecular flexibility index (Phi) is 7.50. The Morgan fingerprint density at radius 3 is 2.42 bits per heavy atom. The molecular weight excluding hydrogens is 412 g/mol. The van der Waals surface area contributed by atoms with Crippen molar-refractivity contribution < 1.29 is 14.3 Å². The average Bonchev–Trinajstić information content (AvgIpc) is 3.30. The van der Waals surface area contributed by atoms with Crippen LogP contribution in [-0.2, 0) is 0 Å². The van der Waals surface area contributed by atoms with Gasteiger partial charge in [-0.25, -0.2) is 0 Å². The first-order valence-electron chi connectivity index (χ1n) is 9.57. The fraction of sp³-hybridized carbons (Fsp3) is 0.217. The molecule has 1 aromatic heterocycles. The summed E-state index contributed by atoms with van der Waals surface area (Å²) >= 11 is 1.19. The predicted octanol–water partition coefficient (Wildman–Crippen LogP) is 4.63. The minimum absolute atomic E-state index is 0.145. The third kappa shape index (κ3) is 5.16. The van der Waals surface area contributed by atoms with Gasteiger partial charge in [0.2, 0.25) is 0 Å². The Labute approximate surface area is 185 Å². The number of anilines is 1. The van der Waals surface area contributed by atoms with E-state index in [-0.39, 0.29) is 5.78 Å². The van der Waals surface area contributed by atoms with E-state index in [1.165, 1.54) is 17.7 Å². The van der Waals surface area contributed by atoms with Crippen LogP contribution in [0.25, 0.3) is 0 Å². The highest BCUT2D eigenvalue weighted by molar-refractivity contribution is 7.04. The predicted molar refractivity (Wildman–Crippen MR) is 125 cm³/mol. The molecule has 2 aromatic carbocycles. The third-order valence-corrected chi connectivity index (χ3v) is 5.37. The first-order valence-corrected chi connectivity index (χ1v) is 10.4. The number of carbonyl (C=O) groups excluding carboxylic acids is 1. The van der Waals surface area contributed by atoms with Crippen LogP contribution >= 0.6 is 11.5 Å². The molecule has 8 heteroatoms. The van der Waals surface area contributed by atoms with E-state index in [0.29, 0.717) is 28.4 Å². The number of methoxy groups -OCH3 is 2. The summed E-state index contributed by atoms with van der Waals surface area (Å²) in [5, 5.41) is 12.8. The minimum Gasteiger partial charge on any atom is -0.497 e. The highest BCUT2D eigenvalue weighted by Gasteiger charge is 2.28. The number of aliphatic imine (C=N–C) groups is 1. The molecule has 2 N–H and O–H groups in total. The van der Waals surface area contributed by atoms with Crippen molar-refractivity contribution in [3.8, 4) is 11.5 Å². The van der Waals surface area contributed by atoms with Crippen molar-refractivity contribution in [2.24, 2.45) is 4.99 Å². The van der Waals surface area contributed by atoms with Gasteiger partial charge in [0.05, 0.1) is 31.4 Å². The van der Waals surface area contributed by atoms with E-state index in [1.807, 2.05) is 42.5 Å². The van der Waals surface area contributed by atoms with Crippen molar-refractivity contribution >= 4 is 35.4 Å². The summed E-state index contributed by atoms with van der Waals surface area (Å²) in [6.07, 6.45) is 2.84. The number of Topliss-reactive ketones (excluding diaryl/α,β-unsaturated/α-hetero) is 1. The summed E-state index contributed by atoms with van der Waals surface area (Å²) in [7, 11) is 4.79. The molecule has 0 saturated carbocycles. The Morgan fingerprint density at radius 1 is 1.16 bits per heavy atom. The van der Waals surface area contributed by atoms with Gasteiger partial charge in [-0.3, -0.25) is 9.79 Å². The second kappa shape index (κ2) is 10.5. The number of ketones is 1. The summed E-state index contributed by atoms with van der Waals surface area (Å²) in [5.41, 5.74) is 2.49. The first-order chi connectivity index (χ1) is 15.1. The molecule has 0 bridgehead atoms. The molecule has 0 aliphatic rings. The molecule has 2 atom stereocenters. The summed E-state index contributed by atoms with van der Waals surface area (Å²) in [6.45, 7) is 0. The molecule has 31 heavy (non-hydrogen) atoms. The van der Waals surface area contributed by atoms with Crippen molar-refractivity contribution in [1.82, 2.24) is 4.37 Å².